The lowest BCUT2D eigenvalue weighted by Crippen LogP contribution is -2.52. The normalized spacial score (nSPS) is 23.0. The Morgan fingerprint density at radius 1 is 1.19 bits per heavy atom. The Morgan fingerprint density at radius 3 is 2.19 bits per heavy atom. The van der Waals surface area contributed by atoms with Gasteiger partial charge in [0.05, 0.1) is 6.61 Å². The molecule has 21 heavy (non-hydrogen) atoms. The number of nitrogens with one attached hydrogen (secondary N) is 1. The third-order valence-electron chi connectivity index (χ3n) is 5.27. The molecule has 0 aromatic carbocycles. The van der Waals surface area contributed by atoms with Crippen molar-refractivity contribution in [3.63, 3.8) is 0 Å². The van der Waals surface area contributed by atoms with E-state index in [4.69, 9.17) is 0 Å². The van der Waals surface area contributed by atoms with Crippen LogP contribution in [0.3, 0.4) is 0 Å². The van der Waals surface area contributed by atoms with Gasteiger partial charge in [-0.05, 0) is 70.5 Å². The first-order chi connectivity index (χ1) is 9.72. The predicted octanol–water partition coefficient (Wildman–Crippen LogP) is 3.27. The molecule has 0 aromatic rings. The van der Waals surface area contributed by atoms with Gasteiger partial charge in [-0.1, -0.05) is 27.7 Å². The number of hydrogen-bond acceptors (Lipinski definition) is 3. The van der Waals surface area contributed by atoms with Crippen LogP contribution in [0.15, 0.2) is 0 Å². The summed E-state index contributed by atoms with van der Waals surface area (Å²) in [6, 6.07) is 0.535. The number of hydrogen-bond donors (Lipinski definition) is 2. The minimum atomic E-state index is -0.143. The quantitative estimate of drug-likeness (QED) is 0.757. The molecule has 0 aliphatic carbocycles. The van der Waals surface area contributed by atoms with Crippen LogP contribution in [0.1, 0.15) is 67.2 Å². The summed E-state index contributed by atoms with van der Waals surface area (Å²) in [6.07, 6.45) is 4.75. The lowest BCUT2D eigenvalue weighted by molar-refractivity contribution is 0.0636. The number of piperidine rings is 1. The third-order valence-corrected chi connectivity index (χ3v) is 5.27. The van der Waals surface area contributed by atoms with Crippen molar-refractivity contribution < 1.29 is 5.11 Å². The predicted molar refractivity (Wildman–Crippen MR) is 91.6 cm³/mol. The van der Waals surface area contributed by atoms with E-state index in [1.165, 1.54) is 25.9 Å². The fourth-order valence-electron chi connectivity index (χ4n) is 3.61. The van der Waals surface area contributed by atoms with Crippen molar-refractivity contribution in [2.45, 2.75) is 78.8 Å². The zero-order valence-electron chi connectivity index (χ0n) is 15.2. The zero-order chi connectivity index (χ0) is 16.1. The lowest BCUT2D eigenvalue weighted by atomic mass is 9.75. The van der Waals surface area contributed by atoms with Gasteiger partial charge in [0, 0.05) is 11.6 Å². The second-order valence-electron chi connectivity index (χ2n) is 8.37. The van der Waals surface area contributed by atoms with Crippen LogP contribution >= 0.6 is 0 Å². The van der Waals surface area contributed by atoms with Crippen LogP contribution in [0.4, 0.5) is 0 Å². The van der Waals surface area contributed by atoms with E-state index >= 15 is 0 Å². The maximum Gasteiger partial charge on any atom is 0.0611 e. The van der Waals surface area contributed by atoms with Crippen LogP contribution in [-0.2, 0) is 0 Å². The van der Waals surface area contributed by atoms with Crippen LogP contribution in [0.25, 0.3) is 0 Å². The van der Waals surface area contributed by atoms with Crippen molar-refractivity contribution >= 4 is 0 Å². The van der Waals surface area contributed by atoms with Crippen molar-refractivity contribution in [2.75, 3.05) is 26.2 Å². The van der Waals surface area contributed by atoms with E-state index in [2.05, 4.69) is 51.8 Å². The molecule has 0 amide bonds. The van der Waals surface area contributed by atoms with Gasteiger partial charge in [-0.15, -0.1) is 0 Å². The zero-order valence-corrected chi connectivity index (χ0v) is 15.2. The van der Waals surface area contributed by atoms with Gasteiger partial charge >= 0.3 is 0 Å². The highest BCUT2D eigenvalue weighted by Crippen LogP contribution is 2.35. The van der Waals surface area contributed by atoms with E-state index in [1.54, 1.807) is 0 Å². The van der Waals surface area contributed by atoms with Crippen molar-refractivity contribution in [3.8, 4) is 0 Å². The molecule has 0 saturated carbocycles. The summed E-state index contributed by atoms with van der Waals surface area (Å²) in [5.41, 5.74) is 0.300. The lowest BCUT2D eigenvalue weighted by Gasteiger charge is -2.43. The van der Waals surface area contributed by atoms with E-state index in [0.29, 0.717) is 11.5 Å². The maximum absolute atomic E-state index is 9.73. The Bertz CT molecular complexity index is 292. The standard InChI is InChI=1S/C18H38N2O/c1-7-10-19-18(6,14-21)13-15(2)20-11-8-16(9-12-20)17(3,4)5/h15-16,19,21H,7-14H2,1-6H3. The highest BCUT2D eigenvalue weighted by atomic mass is 16.3. The molecular formula is C18H38N2O. The minimum Gasteiger partial charge on any atom is -0.394 e. The van der Waals surface area contributed by atoms with E-state index in [9.17, 15) is 5.11 Å². The summed E-state index contributed by atoms with van der Waals surface area (Å²) in [6.45, 7) is 17.4. The topological polar surface area (TPSA) is 35.5 Å². The summed E-state index contributed by atoms with van der Waals surface area (Å²) < 4.78 is 0. The van der Waals surface area contributed by atoms with Gasteiger partial charge in [0.1, 0.15) is 0 Å². The van der Waals surface area contributed by atoms with Gasteiger partial charge in [0.25, 0.3) is 0 Å². The first-order valence-corrected chi connectivity index (χ1v) is 8.82. The monoisotopic (exact) mass is 298 g/mol. The molecule has 1 fully saturated rings. The van der Waals surface area contributed by atoms with Crippen molar-refractivity contribution in [1.82, 2.24) is 10.2 Å². The van der Waals surface area contributed by atoms with Gasteiger partial charge in [-0.3, -0.25) is 0 Å². The average molecular weight is 299 g/mol. The minimum absolute atomic E-state index is 0.143. The van der Waals surface area contributed by atoms with Crippen molar-refractivity contribution in [1.29, 1.82) is 0 Å². The second-order valence-corrected chi connectivity index (χ2v) is 8.37. The highest BCUT2D eigenvalue weighted by Gasteiger charge is 2.32. The molecule has 0 radical (unpaired) electrons. The van der Waals surface area contributed by atoms with Crippen LogP contribution in [-0.4, -0.2) is 47.8 Å². The van der Waals surface area contributed by atoms with E-state index in [0.717, 1.165) is 25.3 Å². The Kier molecular flexibility index (Phi) is 7.15. The molecule has 1 aliphatic heterocycles. The van der Waals surface area contributed by atoms with Gasteiger partial charge in [-0.25, -0.2) is 0 Å². The molecule has 2 N–H and O–H groups in total. The van der Waals surface area contributed by atoms with Crippen LogP contribution in [0.2, 0.25) is 0 Å². The number of likely N-dealkylation sites (tertiary alicyclic amines) is 1. The van der Waals surface area contributed by atoms with Crippen LogP contribution in [0, 0.1) is 11.3 Å². The summed E-state index contributed by atoms with van der Waals surface area (Å²) in [7, 11) is 0. The van der Waals surface area contributed by atoms with Crippen molar-refractivity contribution in [3.05, 3.63) is 0 Å². The first kappa shape index (κ1) is 18.9. The molecule has 0 spiro atoms. The molecule has 126 valence electrons. The average Bonchev–Trinajstić information content (AvgIpc) is 2.44. The maximum atomic E-state index is 9.73. The second kappa shape index (κ2) is 7.94. The molecule has 3 nitrogen and oxygen atoms in total. The largest absolute Gasteiger partial charge is 0.394 e. The fourth-order valence-corrected chi connectivity index (χ4v) is 3.61. The van der Waals surface area contributed by atoms with Gasteiger partial charge < -0.3 is 15.3 Å². The Balaban J connectivity index is 2.48. The summed E-state index contributed by atoms with van der Waals surface area (Å²) in [5, 5.41) is 13.2. The Morgan fingerprint density at radius 2 is 1.76 bits per heavy atom. The van der Waals surface area contributed by atoms with Gasteiger partial charge in [0.15, 0.2) is 0 Å². The van der Waals surface area contributed by atoms with Gasteiger partial charge in [-0.2, -0.15) is 0 Å². The molecule has 3 heteroatoms. The third kappa shape index (κ3) is 5.88. The number of nitrogens with zero attached hydrogens (tertiary/aromatic N) is 1. The molecular weight excluding hydrogens is 260 g/mol. The van der Waals surface area contributed by atoms with E-state index in [1.807, 2.05) is 0 Å². The van der Waals surface area contributed by atoms with E-state index in [-0.39, 0.29) is 12.1 Å². The molecule has 1 heterocycles. The molecule has 1 rings (SSSR count). The fraction of sp³-hybridized carbons (Fsp3) is 1.00. The Labute approximate surface area is 132 Å². The molecule has 0 aromatic heterocycles. The molecule has 1 aliphatic rings. The van der Waals surface area contributed by atoms with Crippen molar-refractivity contribution in [2.24, 2.45) is 11.3 Å². The summed E-state index contributed by atoms with van der Waals surface area (Å²) in [4.78, 5) is 2.61. The van der Waals surface area contributed by atoms with Crippen LogP contribution < -0.4 is 5.32 Å². The smallest absolute Gasteiger partial charge is 0.0611 e. The molecule has 0 bridgehead atoms. The highest BCUT2D eigenvalue weighted by molar-refractivity contribution is 4.89. The SMILES string of the molecule is CCCNC(C)(CO)CC(C)N1CCC(C(C)(C)C)CC1. The number of aliphatic hydroxyl groups is 1. The van der Waals surface area contributed by atoms with Crippen LogP contribution in [0.5, 0.6) is 0 Å². The van der Waals surface area contributed by atoms with Gasteiger partial charge in [0.2, 0.25) is 0 Å². The Hall–Kier alpha value is -0.120. The molecule has 2 unspecified atom stereocenters. The molecule has 2 atom stereocenters. The summed E-state index contributed by atoms with van der Waals surface area (Å²) in [5.74, 6) is 0.850. The number of rotatable bonds is 7. The first-order valence-electron chi connectivity index (χ1n) is 8.82. The molecule has 1 saturated heterocycles. The number of aliphatic hydroxyl groups excluding tert-OH is 1. The van der Waals surface area contributed by atoms with E-state index < -0.39 is 0 Å². The summed E-state index contributed by atoms with van der Waals surface area (Å²) >= 11 is 0.